The zero-order chi connectivity index (χ0) is 25.1. The van der Waals surface area contributed by atoms with Crippen LogP contribution in [-0.4, -0.2) is 65.3 Å². The zero-order valence-corrected chi connectivity index (χ0v) is 21.2. The highest BCUT2D eigenvalue weighted by molar-refractivity contribution is 6.31. The van der Waals surface area contributed by atoms with Crippen molar-refractivity contribution in [3.05, 3.63) is 58.7 Å². The Kier molecular flexibility index (Phi) is 5.62. The van der Waals surface area contributed by atoms with E-state index >= 15 is 0 Å². The lowest BCUT2D eigenvalue weighted by Crippen LogP contribution is -2.64. The topological polar surface area (TPSA) is 99.3 Å². The summed E-state index contributed by atoms with van der Waals surface area (Å²) in [7, 11) is 0. The van der Waals surface area contributed by atoms with E-state index in [-0.39, 0.29) is 47.6 Å². The lowest BCUT2D eigenvalue weighted by atomic mass is 9.68. The summed E-state index contributed by atoms with van der Waals surface area (Å²) in [6.07, 6.45) is 3.21. The largest absolute Gasteiger partial charge is 0.381 e. The molecule has 4 bridgehead atoms. The van der Waals surface area contributed by atoms with Crippen molar-refractivity contribution in [1.29, 1.82) is 0 Å². The Labute approximate surface area is 220 Å². The van der Waals surface area contributed by atoms with Gasteiger partial charge in [-0.1, -0.05) is 36.2 Å². The molecule has 3 N–H and O–H groups in total. The monoisotopic (exact) mass is 519 g/mol. The van der Waals surface area contributed by atoms with Crippen LogP contribution < -0.4 is 10.6 Å². The molecule has 2 amide bonds. The minimum Gasteiger partial charge on any atom is -0.381 e. The molecule has 1 unspecified atom stereocenters. The average Bonchev–Trinajstić information content (AvgIpc) is 3.31. The first-order chi connectivity index (χ1) is 18.1. The van der Waals surface area contributed by atoms with E-state index in [0.29, 0.717) is 37.0 Å². The van der Waals surface area contributed by atoms with Gasteiger partial charge in [0.2, 0.25) is 5.91 Å². The molecule has 2 aromatic carbocycles. The van der Waals surface area contributed by atoms with Crippen molar-refractivity contribution in [2.24, 2.45) is 17.8 Å². The summed E-state index contributed by atoms with van der Waals surface area (Å²) in [4.78, 5) is 29.3. The van der Waals surface area contributed by atoms with E-state index < -0.39 is 0 Å². The number of ether oxygens (including phenoxy) is 1. The number of carbonyl (C=O) groups excluding carboxylic acids is 2. The van der Waals surface area contributed by atoms with Crippen LogP contribution in [0.2, 0.25) is 5.02 Å². The molecule has 37 heavy (non-hydrogen) atoms. The molecule has 2 saturated heterocycles. The minimum atomic E-state index is -0.210. The number of anilines is 1. The molecule has 3 aliphatic heterocycles. The number of amides is 2. The van der Waals surface area contributed by atoms with Crippen molar-refractivity contribution in [3.8, 4) is 0 Å². The number of carbonyl (C=O) groups is 2. The molecule has 4 heterocycles. The maximum Gasteiger partial charge on any atom is 0.272 e. The number of likely N-dealkylation sites (tertiary alicyclic amines) is 1. The molecule has 9 heteroatoms. The van der Waals surface area contributed by atoms with E-state index in [2.05, 4.69) is 50.0 Å². The first-order valence-corrected chi connectivity index (χ1v) is 13.6. The van der Waals surface area contributed by atoms with Crippen LogP contribution in [0.25, 0.3) is 10.9 Å². The molecule has 4 aliphatic rings. The Hall–Kier alpha value is -3.10. The zero-order valence-electron chi connectivity index (χ0n) is 20.5. The molecule has 0 spiro atoms. The van der Waals surface area contributed by atoms with Crippen molar-refractivity contribution < 1.29 is 14.3 Å². The van der Waals surface area contributed by atoms with E-state index in [1.165, 1.54) is 11.3 Å². The van der Waals surface area contributed by atoms with E-state index in [1.807, 2.05) is 6.07 Å². The summed E-state index contributed by atoms with van der Waals surface area (Å²) in [5, 5.41) is 15.4. The van der Waals surface area contributed by atoms with Crippen LogP contribution in [0.3, 0.4) is 0 Å². The van der Waals surface area contributed by atoms with Gasteiger partial charge < -0.3 is 20.3 Å². The number of piperidine rings is 1. The summed E-state index contributed by atoms with van der Waals surface area (Å²) >= 11 is 6.08. The quantitative estimate of drug-likeness (QED) is 0.489. The number of nitrogens with one attached hydrogen (secondary N) is 3. The summed E-state index contributed by atoms with van der Waals surface area (Å²) in [5.41, 5.74) is 3.55. The lowest BCUT2D eigenvalue weighted by Gasteiger charge is -2.50. The molecule has 1 saturated carbocycles. The molecular weight excluding hydrogens is 490 g/mol. The number of fused-ring (bicyclic) bond motifs is 7. The van der Waals surface area contributed by atoms with Crippen LogP contribution in [0.4, 0.5) is 5.69 Å². The number of aromatic amines is 1. The molecule has 8 nitrogen and oxygen atoms in total. The number of rotatable bonds is 3. The summed E-state index contributed by atoms with van der Waals surface area (Å²) in [6, 6.07) is 13.9. The second-order valence-electron chi connectivity index (χ2n) is 11.0. The highest BCUT2D eigenvalue weighted by atomic mass is 35.5. The van der Waals surface area contributed by atoms with E-state index in [9.17, 15) is 9.59 Å². The highest BCUT2D eigenvalue weighted by Gasteiger charge is 2.48. The number of benzene rings is 2. The normalized spacial score (nSPS) is 30.4. The summed E-state index contributed by atoms with van der Waals surface area (Å²) < 4.78 is 5.88. The number of para-hydroxylation sites is 1. The van der Waals surface area contributed by atoms with Crippen LogP contribution in [0.15, 0.2) is 42.5 Å². The van der Waals surface area contributed by atoms with Crippen LogP contribution >= 0.6 is 11.6 Å². The SMILES string of the molecule is O=C(NC1[C@H]2COC[C@H]1CN(C(=O)C1[C@@H]3CCC[C@@H]1c1ccccc1N3)C2)c1n[nH]c2cc(Cl)ccc12. The van der Waals surface area contributed by atoms with Gasteiger partial charge in [-0.15, -0.1) is 0 Å². The second kappa shape index (κ2) is 9.03. The van der Waals surface area contributed by atoms with Gasteiger partial charge in [-0.2, -0.15) is 5.10 Å². The van der Waals surface area contributed by atoms with Gasteiger partial charge in [0.25, 0.3) is 5.91 Å². The van der Waals surface area contributed by atoms with Crippen molar-refractivity contribution in [2.45, 2.75) is 37.3 Å². The maximum absolute atomic E-state index is 14.0. The van der Waals surface area contributed by atoms with Gasteiger partial charge in [0.15, 0.2) is 5.69 Å². The molecule has 3 aromatic rings. The van der Waals surface area contributed by atoms with E-state index in [4.69, 9.17) is 16.3 Å². The van der Waals surface area contributed by atoms with Crippen LogP contribution in [0.5, 0.6) is 0 Å². The first kappa shape index (κ1) is 23.0. The van der Waals surface area contributed by atoms with Gasteiger partial charge in [-0.05, 0) is 48.6 Å². The van der Waals surface area contributed by atoms with Gasteiger partial charge in [-0.25, -0.2) is 0 Å². The van der Waals surface area contributed by atoms with Crippen molar-refractivity contribution in [2.75, 3.05) is 31.6 Å². The standard InChI is InChI=1S/C28H30ClN5O3/c29-17-8-9-20-23(10-17)32-33-26(20)27(35)31-25-15-11-34(12-16(25)14-37-13-15)28(36)24-19-5-3-7-22(24)30-21-6-2-1-4-18(19)21/h1-2,4,6,8-10,15-16,19,22,24-25,30H,3,5,7,11-14H2,(H,31,35)(H,32,33)/t15-,16-,19-,22+,24?/m1/s1. The number of hydrogen-bond donors (Lipinski definition) is 3. The molecule has 5 atom stereocenters. The Balaban J connectivity index is 1.09. The minimum absolute atomic E-state index is 0.0429. The smallest absolute Gasteiger partial charge is 0.272 e. The fourth-order valence-electron chi connectivity index (χ4n) is 7.15. The van der Waals surface area contributed by atoms with Crippen molar-refractivity contribution in [3.63, 3.8) is 0 Å². The third-order valence-electron chi connectivity index (χ3n) is 8.82. The molecule has 3 fully saturated rings. The molecule has 1 aromatic heterocycles. The third kappa shape index (κ3) is 3.89. The third-order valence-corrected chi connectivity index (χ3v) is 9.06. The Morgan fingerprint density at radius 3 is 2.73 bits per heavy atom. The predicted octanol–water partition coefficient (Wildman–Crippen LogP) is 3.80. The lowest BCUT2D eigenvalue weighted by molar-refractivity contribution is -0.146. The van der Waals surface area contributed by atoms with Gasteiger partial charge in [-0.3, -0.25) is 14.7 Å². The first-order valence-electron chi connectivity index (χ1n) is 13.2. The van der Waals surface area contributed by atoms with Gasteiger partial charge in [0.05, 0.1) is 24.6 Å². The average molecular weight is 520 g/mol. The number of hydrogen-bond acceptors (Lipinski definition) is 5. The maximum atomic E-state index is 14.0. The number of H-pyrrole nitrogens is 1. The number of nitrogens with zero attached hydrogens (tertiary/aromatic N) is 2. The highest BCUT2D eigenvalue weighted by Crippen LogP contribution is 2.47. The number of aromatic nitrogens is 2. The van der Waals surface area contributed by atoms with Crippen LogP contribution in [0, 0.1) is 17.8 Å². The Morgan fingerprint density at radius 1 is 1.08 bits per heavy atom. The molecule has 1 aliphatic carbocycles. The predicted molar refractivity (Wildman–Crippen MR) is 141 cm³/mol. The van der Waals surface area contributed by atoms with Crippen LogP contribution in [-0.2, 0) is 9.53 Å². The fraction of sp³-hybridized carbons (Fsp3) is 0.464. The molecule has 7 rings (SSSR count). The van der Waals surface area contributed by atoms with Gasteiger partial charge in [0.1, 0.15) is 0 Å². The molecular formula is C28H30ClN5O3. The fourth-order valence-corrected chi connectivity index (χ4v) is 7.32. The Morgan fingerprint density at radius 2 is 1.89 bits per heavy atom. The van der Waals surface area contributed by atoms with Gasteiger partial charge >= 0.3 is 0 Å². The summed E-state index contributed by atoms with van der Waals surface area (Å²) in [5.74, 6) is 0.344. The van der Waals surface area contributed by atoms with Crippen molar-refractivity contribution >= 4 is 40.0 Å². The molecule has 0 radical (unpaired) electrons. The van der Waals surface area contributed by atoms with E-state index in [1.54, 1.807) is 12.1 Å². The van der Waals surface area contributed by atoms with E-state index in [0.717, 1.165) is 30.2 Å². The Bertz CT molecular complexity index is 1360. The summed E-state index contributed by atoms with van der Waals surface area (Å²) in [6.45, 7) is 2.24. The van der Waals surface area contributed by atoms with Crippen LogP contribution in [0.1, 0.15) is 41.2 Å². The second-order valence-corrected chi connectivity index (χ2v) is 11.4. The van der Waals surface area contributed by atoms with Gasteiger partial charge in [0, 0.05) is 53.1 Å². The van der Waals surface area contributed by atoms with Crippen molar-refractivity contribution in [1.82, 2.24) is 20.4 Å². The number of halogens is 1. The molecule has 192 valence electrons.